The van der Waals surface area contributed by atoms with Crippen molar-refractivity contribution in [3.05, 3.63) is 47.8 Å². The van der Waals surface area contributed by atoms with Gasteiger partial charge in [-0.15, -0.1) is 21.5 Å². The van der Waals surface area contributed by atoms with Crippen LogP contribution in [0.15, 0.2) is 53.0 Å². The Kier molecular flexibility index (Phi) is 6.17. The highest BCUT2D eigenvalue weighted by Crippen LogP contribution is 2.30. The van der Waals surface area contributed by atoms with Crippen LogP contribution in [0.5, 0.6) is 0 Å². The fourth-order valence-electron chi connectivity index (χ4n) is 2.50. The predicted molar refractivity (Wildman–Crippen MR) is 112 cm³/mol. The average molecular weight is 412 g/mol. The Morgan fingerprint density at radius 3 is 2.64 bits per heavy atom. The molecule has 0 aliphatic carbocycles. The van der Waals surface area contributed by atoms with Gasteiger partial charge in [-0.3, -0.25) is 9.36 Å². The SMILES string of the molecule is CC(C)C(C)(C#N)NC(=O)CSc1nnc(-c2cccs2)n1-c1ccccc1. The summed E-state index contributed by atoms with van der Waals surface area (Å²) >= 11 is 2.89. The number of thiophene rings is 1. The number of benzene rings is 1. The first-order valence-electron chi connectivity index (χ1n) is 8.84. The first-order valence-corrected chi connectivity index (χ1v) is 10.7. The lowest BCUT2D eigenvalue weighted by molar-refractivity contribution is -0.120. The average Bonchev–Trinajstić information content (AvgIpc) is 3.36. The molecule has 1 atom stereocenters. The number of carbonyl (C=O) groups is 1. The number of amides is 1. The third kappa shape index (κ3) is 4.26. The molecule has 0 radical (unpaired) electrons. The standard InChI is InChI=1S/C20H21N5OS2/c1-14(2)20(3,13-21)22-17(26)12-28-19-24-23-18(16-10-7-11-27-16)25(19)15-8-5-4-6-9-15/h4-11,14H,12H2,1-3H3,(H,22,26). The number of nitrogens with one attached hydrogen (secondary N) is 1. The van der Waals surface area contributed by atoms with Gasteiger partial charge in [0.15, 0.2) is 11.0 Å². The molecule has 0 aliphatic heterocycles. The quantitative estimate of drug-likeness (QED) is 0.591. The fraction of sp³-hybridized carbons (Fsp3) is 0.300. The molecule has 2 aromatic heterocycles. The lowest BCUT2D eigenvalue weighted by Crippen LogP contribution is -2.49. The molecular weight excluding hydrogens is 390 g/mol. The van der Waals surface area contributed by atoms with Gasteiger partial charge in [-0.2, -0.15) is 5.26 Å². The summed E-state index contributed by atoms with van der Waals surface area (Å²) in [7, 11) is 0. The normalized spacial score (nSPS) is 13.1. The number of hydrogen-bond donors (Lipinski definition) is 1. The number of rotatable bonds is 7. The summed E-state index contributed by atoms with van der Waals surface area (Å²) in [5.74, 6) is 0.695. The van der Waals surface area contributed by atoms with Crippen LogP contribution < -0.4 is 5.32 Å². The van der Waals surface area contributed by atoms with Gasteiger partial charge in [-0.05, 0) is 36.4 Å². The van der Waals surface area contributed by atoms with E-state index in [4.69, 9.17) is 0 Å². The summed E-state index contributed by atoms with van der Waals surface area (Å²) in [6, 6.07) is 16.0. The third-order valence-electron chi connectivity index (χ3n) is 4.51. The molecule has 1 unspecified atom stereocenters. The van der Waals surface area contributed by atoms with Crippen molar-refractivity contribution in [3.8, 4) is 22.5 Å². The van der Waals surface area contributed by atoms with Gasteiger partial charge in [0, 0.05) is 5.69 Å². The Bertz CT molecular complexity index is 976. The first-order chi connectivity index (χ1) is 13.4. The van der Waals surface area contributed by atoms with Crippen molar-refractivity contribution in [2.75, 3.05) is 5.75 Å². The zero-order valence-corrected chi connectivity index (χ0v) is 17.5. The fourth-order valence-corrected chi connectivity index (χ4v) is 3.95. The number of thioether (sulfide) groups is 1. The summed E-state index contributed by atoms with van der Waals surface area (Å²) in [5, 5.41) is 23.5. The minimum absolute atomic E-state index is 0.00449. The van der Waals surface area contributed by atoms with Crippen molar-refractivity contribution in [1.82, 2.24) is 20.1 Å². The van der Waals surface area contributed by atoms with Crippen molar-refractivity contribution in [2.45, 2.75) is 31.5 Å². The van der Waals surface area contributed by atoms with Gasteiger partial charge in [-0.1, -0.05) is 49.9 Å². The summed E-state index contributed by atoms with van der Waals surface area (Å²) < 4.78 is 1.95. The van der Waals surface area contributed by atoms with E-state index < -0.39 is 5.54 Å². The zero-order valence-electron chi connectivity index (χ0n) is 15.9. The molecule has 3 aromatic rings. The predicted octanol–water partition coefficient (Wildman–Crippen LogP) is 4.14. The number of nitriles is 1. The summed E-state index contributed by atoms with van der Waals surface area (Å²) in [4.78, 5) is 13.4. The molecule has 0 spiro atoms. The molecular formula is C20H21N5OS2. The molecule has 1 N–H and O–H groups in total. The van der Waals surface area contributed by atoms with Crippen LogP contribution in [-0.4, -0.2) is 32.0 Å². The number of hydrogen-bond acceptors (Lipinski definition) is 6. The maximum atomic E-state index is 12.4. The third-order valence-corrected chi connectivity index (χ3v) is 6.30. The van der Waals surface area contributed by atoms with E-state index in [-0.39, 0.29) is 17.6 Å². The highest BCUT2D eigenvalue weighted by Gasteiger charge is 2.30. The highest BCUT2D eigenvalue weighted by atomic mass is 32.2. The van der Waals surface area contributed by atoms with E-state index >= 15 is 0 Å². The topological polar surface area (TPSA) is 83.6 Å². The molecule has 8 heteroatoms. The van der Waals surface area contributed by atoms with Crippen molar-refractivity contribution >= 4 is 29.0 Å². The van der Waals surface area contributed by atoms with E-state index in [0.717, 1.165) is 16.4 Å². The van der Waals surface area contributed by atoms with Gasteiger partial charge in [0.1, 0.15) is 5.54 Å². The molecule has 6 nitrogen and oxygen atoms in total. The largest absolute Gasteiger partial charge is 0.337 e. The van der Waals surface area contributed by atoms with E-state index in [1.807, 2.05) is 66.3 Å². The minimum atomic E-state index is -0.896. The van der Waals surface area contributed by atoms with E-state index in [9.17, 15) is 10.1 Å². The monoisotopic (exact) mass is 411 g/mol. The minimum Gasteiger partial charge on any atom is -0.337 e. The molecule has 28 heavy (non-hydrogen) atoms. The number of para-hydroxylation sites is 1. The Balaban J connectivity index is 1.83. The second kappa shape index (κ2) is 8.59. The molecule has 144 valence electrons. The molecule has 3 rings (SSSR count). The van der Waals surface area contributed by atoms with Crippen LogP contribution in [0.25, 0.3) is 16.4 Å². The first kappa shape index (κ1) is 20.1. The van der Waals surface area contributed by atoms with E-state index in [1.165, 1.54) is 11.8 Å². The molecule has 1 amide bonds. The van der Waals surface area contributed by atoms with Crippen LogP contribution in [0, 0.1) is 17.2 Å². The highest BCUT2D eigenvalue weighted by molar-refractivity contribution is 7.99. The zero-order chi connectivity index (χ0) is 20.1. The van der Waals surface area contributed by atoms with Gasteiger partial charge in [0.2, 0.25) is 5.91 Å². The smallest absolute Gasteiger partial charge is 0.231 e. The molecule has 0 saturated heterocycles. The molecule has 2 heterocycles. The molecule has 0 bridgehead atoms. The molecule has 1 aromatic carbocycles. The number of aromatic nitrogens is 3. The molecule has 0 fully saturated rings. The van der Waals surface area contributed by atoms with Gasteiger partial charge in [-0.25, -0.2) is 0 Å². The van der Waals surface area contributed by atoms with Gasteiger partial charge < -0.3 is 5.32 Å². The van der Waals surface area contributed by atoms with Gasteiger partial charge >= 0.3 is 0 Å². The Hall–Kier alpha value is -2.63. The van der Waals surface area contributed by atoms with Crippen LogP contribution in [0.2, 0.25) is 0 Å². The summed E-state index contributed by atoms with van der Waals surface area (Å²) in [6.07, 6.45) is 0. The van der Waals surface area contributed by atoms with E-state index in [0.29, 0.717) is 5.16 Å². The van der Waals surface area contributed by atoms with Crippen LogP contribution in [0.4, 0.5) is 0 Å². The van der Waals surface area contributed by atoms with Crippen LogP contribution in [0.1, 0.15) is 20.8 Å². The number of carbonyl (C=O) groups excluding carboxylic acids is 1. The summed E-state index contributed by atoms with van der Waals surface area (Å²) in [5.41, 5.74) is 0.0372. The lowest BCUT2D eigenvalue weighted by Gasteiger charge is -2.27. The van der Waals surface area contributed by atoms with E-state index in [1.54, 1.807) is 18.3 Å². The maximum Gasteiger partial charge on any atom is 0.231 e. The van der Waals surface area contributed by atoms with Crippen molar-refractivity contribution in [1.29, 1.82) is 5.26 Å². The van der Waals surface area contributed by atoms with Gasteiger partial charge in [0.25, 0.3) is 0 Å². The maximum absolute atomic E-state index is 12.4. The Labute approximate surface area is 172 Å². The van der Waals surface area contributed by atoms with Crippen molar-refractivity contribution in [2.24, 2.45) is 5.92 Å². The second-order valence-corrected chi connectivity index (χ2v) is 8.65. The van der Waals surface area contributed by atoms with Crippen LogP contribution >= 0.6 is 23.1 Å². The lowest BCUT2D eigenvalue weighted by atomic mass is 9.90. The Morgan fingerprint density at radius 2 is 2.04 bits per heavy atom. The number of nitrogens with zero attached hydrogens (tertiary/aromatic N) is 4. The second-order valence-electron chi connectivity index (χ2n) is 6.76. The molecule has 0 saturated carbocycles. The van der Waals surface area contributed by atoms with Crippen molar-refractivity contribution in [3.63, 3.8) is 0 Å². The summed E-state index contributed by atoms with van der Waals surface area (Å²) in [6.45, 7) is 5.56. The van der Waals surface area contributed by atoms with E-state index in [2.05, 4.69) is 21.6 Å². The Morgan fingerprint density at radius 1 is 1.29 bits per heavy atom. The van der Waals surface area contributed by atoms with Crippen LogP contribution in [-0.2, 0) is 4.79 Å². The molecule has 0 aliphatic rings. The van der Waals surface area contributed by atoms with Crippen LogP contribution in [0.3, 0.4) is 0 Å². The van der Waals surface area contributed by atoms with Gasteiger partial charge in [0.05, 0.1) is 16.7 Å². The van der Waals surface area contributed by atoms with Crippen molar-refractivity contribution < 1.29 is 4.79 Å².